The van der Waals surface area contributed by atoms with Crippen molar-refractivity contribution >= 4 is 11.4 Å². The summed E-state index contributed by atoms with van der Waals surface area (Å²) in [7, 11) is 3.86. The zero-order valence-corrected chi connectivity index (χ0v) is 17.1. The lowest BCUT2D eigenvalue weighted by Crippen LogP contribution is -2.39. The standard InChI is InChI=1S/C25H26N2O2/c1-27-9-7-25(8-10-27)14-22(28)18-4-3-15(13-21(18)25)19-11-16-12-20(16)24-17(19)5-6-23(26-24)29-2/h3-6,11,13,16,20H,7-10,12,14H2,1-2H3/t16-,20?/m1/s1. The molecule has 4 heteroatoms. The zero-order valence-electron chi connectivity index (χ0n) is 17.1. The molecule has 29 heavy (non-hydrogen) atoms. The first-order chi connectivity index (χ1) is 14.1. The molecule has 0 radical (unpaired) electrons. The summed E-state index contributed by atoms with van der Waals surface area (Å²) in [6, 6.07) is 10.7. The van der Waals surface area contributed by atoms with Gasteiger partial charge >= 0.3 is 0 Å². The Morgan fingerprint density at radius 3 is 2.72 bits per heavy atom. The molecule has 0 amide bonds. The molecule has 3 aliphatic carbocycles. The Balaban J connectivity index is 1.45. The number of piperidine rings is 1. The second-order valence-electron chi connectivity index (χ2n) is 9.32. The quantitative estimate of drug-likeness (QED) is 0.776. The summed E-state index contributed by atoms with van der Waals surface area (Å²) in [5.74, 6) is 2.15. The molecule has 0 N–H and O–H groups in total. The number of rotatable bonds is 2. The van der Waals surface area contributed by atoms with Crippen LogP contribution in [-0.2, 0) is 5.41 Å². The average molecular weight is 386 g/mol. The van der Waals surface area contributed by atoms with Crippen molar-refractivity contribution in [2.24, 2.45) is 5.92 Å². The number of ketones is 1. The second-order valence-corrected chi connectivity index (χ2v) is 9.32. The number of carbonyl (C=O) groups is 1. The van der Waals surface area contributed by atoms with E-state index in [1.165, 1.54) is 34.4 Å². The third-order valence-corrected chi connectivity index (χ3v) is 7.62. The lowest BCUT2D eigenvalue weighted by Gasteiger charge is -2.38. The molecule has 1 aromatic heterocycles. The molecule has 4 aliphatic rings. The number of hydrogen-bond acceptors (Lipinski definition) is 4. The Morgan fingerprint density at radius 1 is 1.14 bits per heavy atom. The summed E-state index contributed by atoms with van der Waals surface area (Å²) in [6.45, 7) is 2.13. The first kappa shape index (κ1) is 17.4. The summed E-state index contributed by atoms with van der Waals surface area (Å²) < 4.78 is 5.37. The van der Waals surface area contributed by atoms with Crippen LogP contribution in [0.2, 0.25) is 0 Å². The molecule has 1 unspecified atom stereocenters. The van der Waals surface area contributed by atoms with E-state index in [-0.39, 0.29) is 5.41 Å². The van der Waals surface area contributed by atoms with Crippen molar-refractivity contribution in [1.82, 2.24) is 9.88 Å². The fourth-order valence-electron chi connectivity index (χ4n) is 5.73. The largest absolute Gasteiger partial charge is 0.481 e. The molecule has 1 saturated carbocycles. The van der Waals surface area contributed by atoms with Gasteiger partial charge in [0.25, 0.3) is 0 Å². The molecule has 1 aromatic carbocycles. The van der Waals surface area contributed by atoms with Gasteiger partial charge in [0, 0.05) is 34.9 Å². The maximum absolute atomic E-state index is 12.8. The van der Waals surface area contributed by atoms with Crippen LogP contribution < -0.4 is 4.74 Å². The third kappa shape index (κ3) is 2.55. The highest BCUT2D eigenvalue weighted by atomic mass is 16.5. The third-order valence-electron chi connectivity index (χ3n) is 7.62. The molecule has 148 valence electrons. The molecule has 2 fully saturated rings. The van der Waals surface area contributed by atoms with E-state index in [0.29, 0.717) is 29.9 Å². The molecule has 6 rings (SSSR count). The second kappa shape index (κ2) is 6.02. The molecular weight excluding hydrogens is 360 g/mol. The van der Waals surface area contributed by atoms with Crippen LogP contribution in [0.25, 0.3) is 5.57 Å². The van der Waals surface area contributed by atoms with E-state index in [2.05, 4.69) is 42.3 Å². The summed E-state index contributed by atoms with van der Waals surface area (Å²) in [6.07, 6.45) is 6.44. The van der Waals surface area contributed by atoms with Gasteiger partial charge < -0.3 is 9.64 Å². The van der Waals surface area contributed by atoms with E-state index < -0.39 is 0 Å². The molecule has 2 atom stereocenters. The molecule has 2 heterocycles. The van der Waals surface area contributed by atoms with E-state index in [1.54, 1.807) is 7.11 Å². The van der Waals surface area contributed by atoms with E-state index in [1.807, 2.05) is 6.07 Å². The van der Waals surface area contributed by atoms with Crippen LogP contribution in [-0.4, -0.2) is 42.9 Å². The van der Waals surface area contributed by atoms with Crippen molar-refractivity contribution < 1.29 is 9.53 Å². The normalized spacial score (nSPS) is 26.6. The van der Waals surface area contributed by atoms with Gasteiger partial charge in [0.1, 0.15) is 0 Å². The molecule has 1 saturated heterocycles. The predicted molar refractivity (Wildman–Crippen MR) is 113 cm³/mol. The van der Waals surface area contributed by atoms with Gasteiger partial charge in [-0.1, -0.05) is 18.2 Å². The van der Waals surface area contributed by atoms with Crippen molar-refractivity contribution in [3.8, 4) is 5.88 Å². The fraction of sp³-hybridized carbons (Fsp3) is 0.440. The number of aromatic nitrogens is 1. The van der Waals surface area contributed by atoms with E-state index in [9.17, 15) is 4.79 Å². The average Bonchev–Trinajstić information content (AvgIpc) is 3.49. The van der Waals surface area contributed by atoms with E-state index in [4.69, 9.17) is 9.72 Å². The Morgan fingerprint density at radius 2 is 1.93 bits per heavy atom. The van der Waals surface area contributed by atoms with Crippen LogP contribution in [0.4, 0.5) is 0 Å². The Hall–Kier alpha value is -2.46. The highest BCUT2D eigenvalue weighted by Gasteiger charge is 2.46. The minimum atomic E-state index is 0.0350. The number of nitrogens with zero attached hydrogens (tertiary/aromatic N) is 2. The maximum Gasteiger partial charge on any atom is 0.213 e. The Bertz CT molecular complexity index is 1060. The minimum absolute atomic E-state index is 0.0350. The van der Waals surface area contributed by atoms with Crippen LogP contribution in [0.3, 0.4) is 0 Å². The van der Waals surface area contributed by atoms with Crippen molar-refractivity contribution in [2.45, 2.75) is 37.0 Å². The topological polar surface area (TPSA) is 42.4 Å². The summed E-state index contributed by atoms with van der Waals surface area (Å²) in [4.78, 5) is 19.9. The van der Waals surface area contributed by atoms with Gasteiger partial charge in [0.05, 0.1) is 12.8 Å². The van der Waals surface area contributed by atoms with E-state index >= 15 is 0 Å². The number of methoxy groups -OCH3 is 1. The van der Waals surface area contributed by atoms with Crippen LogP contribution in [0.1, 0.15) is 64.3 Å². The van der Waals surface area contributed by atoms with Crippen molar-refractivity contribution in [3.63, 3.8) is 0 Å². The first-order valence-corrected chi connectivity index (χ1v) is 10.7. The van der Waals surface area contributed by atoms with Crippen LogP contribution in [0, 0.1) is 5.92 Å². The maximum atomic E-state index is 12.8. The highest BCUT2D eigenvalue weighted by Crippen LogP contribution is 2.56. The molecule has 2 aromatic rings. The van der Waals surface area contributed by atoms with E-state index in [0.717, 1.165) is 31.5 Å². The van der Waals surface area contributed by atoms with Crippen LogP contribution in [0.5, 0.6) is 5.88 Å². The van der Waals surface area contributed by atoms with Gasteiger partial charge in [-0.05, 0) is 74.2 Å². The van der Waals surface area contributed by atoms with Gasteiger partial charge in [-0.2, -0.15) is 0 Å². The predicted octanol–water partition coefficient (Wildman–Crippen LogP) is 4.19. The number of likely N-dealkylation sites (tertiary alicyclic amines) is 1. The number of pyridine rings is 1. The zero-order chi connectivity index (χ0) is 19.8. The van der Waals surface area contributed by atoms with Gasteiger partial charge in [0.2, 0.25) is 5.88 Å². The van der Waals surface area contributed by atoms with Gasteiger partial charge in [-0.25, -0.2) is 4.98 Å². The lowest BCUT2D eigenvalue weighted by molar-refractivity contribution is 0.0945. The highest BCUT2D eigenvalue weighted by molar-refractivity contribution is 6.03. The smallest absolute Gasteiger partial charge is 0.213 e. The molecule has 4 nitrogen and oxygen atoms in total. The van der Waals surface area contributed by atoms with Crippen LogP contribution in [0.15, 0.2) is 36.4 Å². The number of fused-ring (bicyclic) bond motifs is 5. The van der Waals surface area contributed by atoms with Gasteiger partial charge in [0.15, 0.2) is 5.78 Å². The Kier molecular flexibility index (Phi) is 3.61. The number of Topliss-reactive ketones (excluding diaryl/α,β-unsaturated/α-hetero) is 1. The van der Waals surface area contributed by atoms with Gasteiger partial charge in [-0.15, -0.1) is 0 Å². The molecule has 1 aliphatic heterocycles. The SMILES string of the molecule is COc1ccc2c(n1)C1C[C@H]1C=C2c1ccc2c(c1)C1(CCN(C)CC1)CC2=O. The number of allylic oxidation sites excluding steroid dienone is 1. The number of ether oxygens (including phenoxy) is 1. The molecular formula is C25H26N2O2. The first-order valence-electron chi connectivity index (χ1n) is 10.7. The van der Waals surface area contributed by atoms with Crippen LogP contribution >= 0.6 is 0 Å². The summed E-state index contributed by atoms with van der Waals surface area (Å²) >= 11 is 0. The number of benzene rings is 1. The molecule has 1 spiro atoms. The minimum Gasteiger partial charge on any atom is -0.481 e. The van der Waals surface area contributed by atoms with Crippen molar-refractivity contribution in [3.05, 3.63) is 64.4 Å². The van der Waals surface area contributed by atoms with Crippen molar-refractivity contribution in [2.75, 3.05) is 27.2 Å². The fourth-order valence-corrected chi connectivity index (χ4v) is 5.73. The number of hydrogen-bond donors (Lipinski definition) is 0. The number of carbonyl (C=O) groups excluding carboxylic acids is 1. The summed E-state index contributed by atoms with van der Waals surface area (Å²) in [5, 5.41) is 0. The van der Waals surface area contributed by atoms with Crippen molar-refractivity contribution in [1.29, 1.82) is 0 Å². The lowest BCUT2D eigenvalue weighted by atomic mass is 9.73. The Labute approximate surface area is 171 Å². The van der Waals surface area contributed by atoms with Gasteiger partial charge in [-0.3, -0.25) is 4.79 Å². The monoisotopic (exact) mass is 386 g/mol. The molecule has 0 bridgehead atoms. The summed E-state index contributed by atoms with van der Waals surface area (Å²) in [5.41, 5.74) is 7.19.